The Morgan fingerprint density at radius 1 is 0.737 bits per heavy atom. The maximum Gasteiger partial charge on any atom is 0.407 e. The summed E-state index contributed by atoms with van der Waals surface area (Å²) in [5.74, 6) is 1.73. The lowest BCUT2D eigenvalue weighted by Gasteiger charge is -2.36. The summed E-state index contributed by atoms with van der Waals surface area (Å²) >= 11 is 0. The van der Waals surface area contributed by atoms with Crippen LogP contribution in [0.1, 0.15) is 69.7 Å². The van der Waals surface area contributed by atoms with Crippen LogP contribution < -0.4 is 16.0 Å². The lowest BCUT2D eigenvalue weighted by Crippen LogP contribution is -2.53. The number of anilines is 1. The van der Waals surface area contributed by atoms with Gasteiger partial charge in [-0.05, 0) is 91.2 Å². The molecule has 2 saturated carbocycles. The number of nitrogens with one attached hydrogen (secondary N) is 4. The van der Waals surface area contributed by atoms with Crippen LogP contribution in [0.4, 0.5) is 15.5 Å². The highest BCUT2D eigenvalue weighted by molar-refractivity contribution is 5.91. The molecule has 2 aromatic carbocycles. The van der Waals surface area contributed by atoms with Gasteiger partial charge in [-0.25, -0.2) is 24.5 Å². The SMILES string of the molecule is COC(=O)NC(C(=O)N1CC[C@H](CNc2ncc(-c3ccc4cc(-c5cnc([C@@H]6CCCN6C(=O)C(NC(=O)OC)C6CCC6)[nH]5)ccc4c3)cn2)C1)C1CCC1. The van der Waals surface area contributed by atoms with E-state index in [0.29, 0.717) is 32.1 Å². The fourth-order valence-electron chi connectivity index (χ4n) is 8.62. The van der Waals surface area contributed by atoms with Crippen LogP contribution in [0.5, 0.6) is 0 Å². The van der Waals surface area contributed by atoms with Crippen LogP contribution >= 0.6 is 0 Å². The molecule has 0 radical (unpaired) electrons. The van der Waals surface area contributed by atoms with E-state index in [2.05, 4.69) is 67.3 Å². The Kier molecular flexibility index (Phi) is 11.2. The van der Waals surface area contributed by atoms with E-state index in [0.717, 1.165) is 96.8 Å². The maximum atomic E-state index is 13.7. The van der Waals surface area contributed by atoms with Gasteiger partial charge in [0.15, 0.2) is 0 Å². The Morgan fingerprint density at radius 3 is 2.00 bits per heavy atom. The smallest absolute Gasteiger partial charge is 0.407 e. The Bertz CT molecular complexity index is 2100. The number of carbonyl (C=O) groups excluding carboxylic acids is 4. The molecule has 4 fully saturated rings. The van der Waals surface area contributed by atoms with Crippen LogP contribution in [0.2, 0.25) is 0 Å². The van der Waals surface area contributed by atoms with Crippen LogP contribution in [-0.2, 0) is 19.1 Å². The van der Waals surface area contributed by atoms with Crippen molar-refractivity contribution in [3.8, 4) is 22.4 Å². The molecule has 0 bridgehead atoms. The fraction of sp³-hybridized carbons (Fsp3) is 0.500. The summed E-state index contributed by atoms with van der Waals surface area (Å²) in [5, 5.41) is 11.1. The Hall–Kier alpha value is -5.73. The molecule has 2 unspecified atom stereocenters. The number of H-pyrrole nitrogens is 1. The number of aromatic nitrogens is 4. The first-order valence-electron chi connectivity index (χ1n) is 20.2. The summed E-state index contributed by atoms with van der Waals surface area (Å²) in [7, 11) is 2.64. The van der Waals surface area contributed by atoms with Gasteiger partial charge in [-0.2, -0.15) is 0 Å². The third-order valence-electron chi connectivity index (χ3n) is 12.4. The summed E-state index contributed by atoms with van der Waals surface area (Å²) in [6.07, 6.45) is 12.7. The highest BCUT2D eigenvalue weighted by Gasteiger charge is 2.42. The van der Waals surface area contributed by atoms with Crippen molar-refractivity contribution in [2.24, 2.45) is 17.8 Å². The molecule has 2 aliphatic heterocycles. The zero-order valence-electron chi connectivity index (χ0n) is 32.5. The number of hydrogen-bond acceptors (Lipinski definition) is 10. The summed E-state index contributed by atoms with van der Waals surface area (Å²) < 4.78 is 9.60. The van der Waals surface area contributed by atoms with Crippen LogP contribution in [0.25, 0.3) is 33.2 Å². The molecule has 2 aliphatic carbocycles. The summed E-state index contributed by atoms with van der Waals surface area (Å²) in [5.41, 5.74) is 3.78. The molecule has 2 aromatic heterocycles. The van der Waals surface area contributed by atoms with E-state index < -0.39 is 24.3 Å². The number of fused-ring (bicyclic) bond motifs is 1. The molecule has 4 aromatic rings. The number of rotatable bonds is 12. The first-order valence-corrected chi connectivity index (χ1v) is 20.2. The molecule has 4 amide bonds. The first-order chi connectivity index (χ1) is 27.8. The minimum Gasteiger partial charge on any atom is -0.453 e. The lowest BCUT2D eigenvalue weighted by atomic mass is 9.79. The second kappa shape index (κ2) is 16.8. The Balaban J connectivity index is 0.869. The number of likely N-dealkylation sites (tertiary alicyclic amines) is 2. The van der Waals surface area contributed by atoms with Crippen molar-refractivity contribution in [1.82, 2.24) is 40.4 Å². The van der Waals surface area contributed by atoms with E-state index >= 15 is 0 Å². The predicted octanol–water partition coefficient (Wildman–Crippen LogP) is 5.66. The number of carbonyl (C=O) groups is 4. The van der Waals surface area contributed by atoms with Gasteiger partial charge < -0.3 is 40.2 Å². The second-order valence-corrected chi connectivity index (χ2v) is 15.9. The van der Waals surface area contributed by atoms with Gasteiger partial charge in [0.2, 0.25) is 17.8 Å². The predicted molar refractivity (Wildman–Crippen MR) is 213 cm³/mol. The van der Waals surface area contributed by atoms with Gasteiger partial charge in [0.05, 0.1) is 32.2 Å². The quantitative estimate of drug-likeness (QED) is 0.140. The molecular formula is C42H51N9O6. The number of amides is 4. The maximum absolute atomic E-state index is 13.7. The number of aromatic amines is 1. The fourth-order valence-corrected chi connectivity index (χ4v) is 8.62. The molecule has 0 spiro atoms. The topological polar surface area (TPSA) is 184 Å². The molecule has 4 N–H and O–H groups in total. The number of benzene rings is 2. The third-order valence-corrected chi connectivity index (χ3v) is 12.4. The Morgan fingerprint density at radius 2 is 1.37 bits per heavy atom. The van der Waals surface area contributed by atoms with Crippen LogP contribution in [0.3, 0.4) is 0 Å². The van der Waals surface area contributed by atoms with Crippen molar-refractivity contribution in [2.45, 2.75) is 75.9 Å². The number of ether oxygens (including phenoxy) is 2. The zero-order valence-corrected chi connectivity index (χ0v) is 32.5. The monoisotopic (exact) mass is 777 g/mol. The van der Waals surface area contributed by atoms with Gasteiger partial charge in [-0.15, -0.1) is 0 Å². The van der Waals surface area contributed by atoms with E-state index in [9.17, 15) is 19.2 Å². The molecule has 15 nitrogen and oxygen atoms in total. The molecule has 57 heavy (non-hydrogen) atoms. The van der Waals surface area contributed by atoms with Crippen LogP contribution in [0, 0.1) is 17.8 Å². The van der Waals surface area contributed by atoms with E-state index in [1.807, 2.05) is 28.4 Å². The van der Waals surface area contributed by atoms with Gasteiger partial charge >= 0.3 is 12.2 Å². The molecule has 2 saturated heterocycles. The molecule has 15 heteroatoms. The molecule has 4 atom stereocenters. The second-order valence-electron chi connectivity index (χ2n) is 15.9. The highest BCUT2D eigenvalue weighted by atomic mass is 16.5. The molecular weight excluding hydrogens is 727 g/mol. The summed E-state index contributed by atoms with van der Waals surface area (Å²) in [6.45, 7) is 2.54. The van der Waals surface area contributed by atoms with Crippen molar-refractivity contribution in [1.29, 1.82) is 0 Å². The van der Waals surface area contributed by atoms with Gasteiger partial charge in [0.1, 0.15) is 17.9 Å². The number of hydrogen-bond donors (Lipinski definition) is 4. The van der Waals surface area contributed by atoms with Gasteiger partial charge in [-0.1, -0.05) is 37.1 Å². The van der Waals surface area contributed by atoms with Crippen molar-refractivity contribution in [3.05, 3.63) is 60.8 Å². The molecule has 4 aliphatic rings. The number of imidazole rings is 1. The standard InChI is InChI=1S/C42H51N9O6/c1-56-41(54)48-35(26-6-3-7-26)38(52)50-17-15-25(24-50)20-44-40-45-21-32(22-46-40)30-12-11-29-19-31(14-13-28(29)18-30)33-23-43-37(47-33)34-10-5-16-51(34)39(53)36(27-8-4-9-27)49-42(55)57-2/h11-14,18-19,21-23,25-27,34-36H,3-10,15-17,20,24H2,1-2H3,(H,43,47)(H,48,54)(H,49,55)(H,44,45,46)/t25-,34+,35?,36?/m1/s1. The lowest BCUT2D eigenvalue weighted by molar-refractivity contribution is -0.137. The number of alkyl carbamates (subject to hydrolysis) is 2. The summed E-state index contributed by atoms with van der Waals surface area (Å²) in [6, 6.07) is 11.3. The Labute approximate surface area is 331 Å². The van der Waals surface area contributed by atoms with E-state index in [-0.39, 0.29) is 35.6 Å². The van der Waals surface area contributed by atoms with Crippen molar-refractivity contribution < 1.29 is 28.7 Å². The van der Waals surface area contributed by atoms with Gasteiger partial charge in [0.25, 0.3) is 0 Å². The van der Waals surface area contributed by atoms with Crippen molar-refractivity contribution >= 4 is 40.7 Å². The largest absolute Gasteiger partial charge is 0.453 e. The minimum atomic E-state index is -0.587. The average Bonchev–Trinajstić information content (AvgIpc) is 3.99. The highest BCUT2D eigenvalue weighted by Crippen LogP contribution is 2.37. The minimum absolute atomic E-state index is 0.0268. The molecule has 8 rings (SSSR count). The van der Waals surface area contributed by atoms with E-state index in [1.54, 1.807) is 0 Å². The van der Waals surface area contributed by atoms with Crippen molar-refractivity contribution in [3.63, 3.8) is 0 Å². The molecule has 300 valence electrons. The summed E-state index contributed by atoms with van der Waals surface area (Å²) in [4.78, 5) is 72.2. The first kappa shape index (κ1) is 38.2. The normalized spacial score (nSPS) is 20.7. The molecule has 4 heterocycles. The van der Waals surface area contributed by atoms with Crippen molar-refractivity contribution in [2.75, 3.05) is 45.7 Å². The van der Waals surface area contributed by atoms with Crippen LogP contribution in [0.15, 0.2) is 55.0 Å². The van der Waals surface area contributed by atoms with Gasteiger partial charge in [-0.3, -0.25) is 9.59 Å². The van der Waals surface area contributed by atoms with E-state index in [4.69, 9.17) is 14.5 Å². The zero-order chi connectivity index (χ0) is 39.5. The van der Waals surface area contributed by atoms with E-state index in [1.165, 1.54) is 14.2 Å². The number of nitrogens with zero attached hydrogens (tertiary/aromatic N) is 5. The third kappa shape index (κ3) is 8.23. The number of methoxy groups -OCH3 is 2. The average molecular weight is 778 g/mol. The van der Waals surface area contributed by atoms with Gasteiger partial charge in [0, 0.05) is 49.7 Å². The van der Waals surface area contributed by atoms with Crippen LogP contribution in [-0.4, -0.2) is 106 Å².